The fourth-order valence-corrected chi connectivity index (χ4v) is 2.25. The topological polar surface area (TPSA) is 55.6 Å². The summed E-state index contributed by atoms with van der Waals surface area (Å²) in [6, 6.07) is 0. The van der Waals surface area contributed by atoms with Gasteiger partial charge in [-0.1, -0.05) is 13.8 Å². The van der Waals surface area contributed by atoms with Gasteiger partial charge in [-0.3, -0.25) is 4.79 Å². The van der Waals surface area contributed by atoms with Gasteiger partial charge in [-0.25, -0.2) is 0 Å². The van der Waals surface area contributed by atoms with Gasteiger partial charge in [0.25, 0.3) is 0 Å². The number of rotatable bonds is 3. The molecule has 1 heterocycles. The second-order valence-electron chi connectivity index (χ2n) is 5.09. The molecule has 3 unspecified atom stereocenters. The molecule has 1 rings (SSSR count). The van der Waals surface area contributed by atoms with Crippen molar-refractivity contribution in [3.63, 3.8) is 0 Å². The zero-order valence-corrected chi connectivity index (χ0v) is 10.8. The Morgan fingerprint density at radius 1 is 1.38 bits per heavy atom. The van der Waals surface area contributed by atoms with E-state index in [1.807, 2.05) is 32.6 Å². The summed E-state index contributed by atoms with van der Waals surface area (Å²) in [6.45, 7) is 9.90. The normalized spacial score (nSPS) is 28.2. The molecule has 0 aromatic rings. The van der Waals surface area contributed by atoms with Crippen molar-refractivity contribution in [2.75, 3.05) is 19.6 Å². The van der Waals surface area contributed by atoms with E-state index >= 15 is 0 Å². The fourth-order valence-electron chi connectivity index (χ4n) is 2.25. The van der Waals surface area contributed by atoms with Crippen molar-refractivity contribution in [3.05, 3.63) is 0 Å². The molecule has 1 amide bonds. The van der Waals surface area contributed by atoms with Crippen LogP contribution in [0.2, 0.25) is 0 Å². The molecular formula is C12H24N2O2. The van der Waals surface area contributed by atoms with E-state index in [-0.39, 0.29) is 24.0 Å². The van der Waals surface area contributed by atoms with E-state index in [4.69, 9.17) is 10.5 Å². The van der Waals surface area contributed by atoms with Crippen LogP contribution < -0.4 is 5.73 Å². The molecule has 1 aliphatic heterocycles. The van der Waals surface area contributed by atoms with Crippen LogP contribution in [-0.2, 0) is 9.53 Å². The van der Waals surface area contributed by atoms with Crippen LogP contribution >= 0.6 is 0 Å². The average Bonchev–Trinajstić information content (AvgIpc) is 2.16. The molecule has 1 saturated heterocycles. The smallest absolute Gasteiger partial charge is 0.227 e. The lowest BCUT2D eigenvalue weighted by molar-refractivity contribution is -0.148. The summed E-state index contributed by atoms with van der Waals surface area (Å²) in [4.78, 5) is 14.2. The van der Waals surface area contributed by atoms with Crippen LogP contribution in [0.25, 0.3) is 0 Å². The molecule has 94 valence electrons. The molecule has 0 aromatic heterocycles. The second-order valence-corrected chi connectivity index (χ2v) is 5.09. The maximum Gasteiger partial charge on any atom is 0.227 e. The Labute approximate surface area is 98.1 Å². The first-order chi connectivity index (χ1) is 7.45. The maximum absolute atomic E-state index is 12.3. The van der Waals surface area contributed by atoms with Crippen LogP contribution in [0.4, 0.5) is 0 Å². The molecule has 2 N–H and O–H groups in total. The molecule has 0 spiro atoms. The highest BCUT2D eigenvalue weighted by atomic mass is 16.5. The van der Waals surface area contributed by atoms with Gasteiger partial charge in [0.1, 0.15) is 0 Å². The third kappa shape index (κ3) is 3.19. The van der Waals surface area contributed by atoms with Crippen molar-refractivity contribution in [3.8, 4) is 0 Å². The monoisotopic (exact) mass is 228 g/mol. The number of amides is 1. The maximum atomic E-state index is 12.3. The van der Waals surface area contributed by atoms with Gasteiger partial charge < -0.3 is 15.4 Å². The molecule has 0 aliphatic carbocycles. The van der Waals surface area contributed by atoms with E-state index in [0.717, 1.165) is 0 Å². The summed E-state index contributed by atoms with van der Waals surface area (Å²) in [5, 5.41) is 0. The second kappa shape index (κ2) is 5.64. The van der Waals surface area contributed by atoms with Gasteiger partial charge in [-0.2, -0.15) is 0 Å². The summed E-state index contributed by atoms with van der Waals surface area (Å²) in [5.41, 5.74) is 5.67. The third-order valence-electron chi connectivity index (χ3n) is 3.11. The molecular weight excluding hydrogens is 204 g/mol. The molecule has 1 fully saturated rings. The molecule has 1 aliphatic rings. The first-order valence-electron chi connectivity index (χ1n) is 6.10. The summed E-state index contributed by atoms with van der Waals surface area (Å²) in [7, 11) is 0. The van der Waals surface area contributed by atoms with E-state index in [2.05, 4.69) is 0 Å². The molecule has 0 saturated carbocycles. The molecule has 0 aromatic carbocycles. The summed E-state index contributed by atoms with van der Waals surface area (Å²) in [6.07, 6.45) is 0.247. The van der Waals surface area contributed by atoms with E-state index in [1.54, 1.807) is 0 Å². The van der Waals surface area contributed by atoms with Crippen LogP contribution in [0.5, 0.6) is 0 Å². The number of nitrogens with two attached hydrogens (primary N) is 1. The first-order valence-corrected chi connectivity index (χ1v) is 6.10. The van der Waals surface area contributed by atoms with Gasteiger partial charge in [-0.05, 0) is 19.8 Å². The van der Waals surface area contributed by atoms with Crippen molar-refractivity contribution in [1.29, 1.82) is 0 Å². The number of hydrogen-bond donors (Lipinski definition) is 1. The van der Waals surface area contributed by atoms with Crippen molar-refractivity contribution in [2.45, 2.75) is 39.9 Å². The number of carbonyl (C=O) groups excluding carboxylic acids is 1. The SMILES string of the molecule is CC1CN(C(=O)C(CN)C(C)C)CC(C)O1. The van der Waals surface area contributed by atoms with Crippen LogP contribution in [0.1, 0.15) is 27.7 Å². The Morgan fingerprint density at radius 3 is 2.25 bits per heavy atom. The van der Waals surface area contributed by atoms with Gasteiger partial charge in [0.05, 0.1) is 18.1 Å². The lowest BCUT2D eigenvalue weighted by Gasteiger charge is -2.37. The lowest BCUT2D eigenvalue weighted by atomic mass is 9.94. The predicted molar refractivity (Wildman–Crippen MR) is 64.0 cm³/mol. The van der Waals surface area contributed by atoms with Gasteiger partial charge in [0.15, 0.2) is 0 Å². The standard InChI is InChI=1S/C12H24N2O2/c1-8(2)11(5-13)12(15)14-6-9(3)16-10(4)7-14/h8-11H,5-7,13H2,1-4H3. The van der Waals surface area contributed by atoms with Crippen molar-refractivity contribution >= 4 is 5.91 Å². The Bertz CT molecular complexity index is 233. The van der Waals surface area contributed by atoms with Gasteiger partial charge in [0, 0.05) is 19.6 Å². The van der Waals surface area contributed by atoms with E-state index in [9.17, 15) is 4.79 Å². The summed E-state index contributed by atoms with van der Waals surface area (Å²) < 4.78 is 5.62. The minimum Gasteiger partial charge on any atom is -0.372 e. The zero-order valence-electron chi connectivity index (χ0n) is 10.8. The van der Waals surface area contributed by atoms with E-state index in [1.165, 1.54) is 0 Å². The number of ether oxygens (including phenoxy) is 1. The number of hydrogen-bond acceptors (Lipinski definition) is 3. The largest absolute Gasteiger partial charge is 0.372 e. The number of nitrogens with zero attached hydrogens (tertiary/aromatic N) is 1. The Kier molecular flexibility index (Phi) is 4.74. The highest BCUT2D eigenvalue weighted by molar-refractivity contribution is 5.79. The Morgan fingerprint density at radius 2 is 1.88 bits per heavy atom. The zero-order chi connectivity index (χ0) is 12.3. The number of morpholine rings is 1. The molecule has 4 nitrogen and oxygen atoms in total. The van der Waals surface area contributed by atoms with Crippen LogP contribution in [0, 0.1) is 11.8 Å². The van der Waals surface area contributed by atoms with Crippen molar-refractivity contribution in [2.24, 2.45) is 17.6 Å². The molecule has 16 heavy (non-hydrogen) atoms. The Hall–Kier alpha value is -0.610. The lowest BCUT2D eigenvalue weighted by Crippen LogP contribution is -2.51. The first kappa shape index (κ1) is 13.5. The van der Waals surface area contributed by atoms with Crippen LogP contribution in [0.15, 0.2) is 0 Å². The van der Waals surface area contributed by atoms with Crippen LogP contribution in [0.3, 0.4) is 0 Å². The molecule has 0 bridgehead atoms. The van der Waals surface area contributed by atoms with Gasteiger partial charge >= 0.3 is 0 Å². The minimum absolute atomic E-state index is 0.0579. The van der Waals surface area contributed by atoms with Crippen molar-refractivity contribution in [1.82, 2.24) is 4.90 Å². The van der Waals surface area contributed by atoms with Gasteiger partial charge in [0.2, 0.25) is 5.91 Å². The van der Waals surface area contributed by atoms with Gasteiger partial charge in [-0.15, -0.1) is 0 Å². The predicted octanol–water partition coefficient (Wildman–Crippen LogP) is 0.853. The highest BCUT2D eigenvalue weighted by Gasteiger charge is 2.31. The average molecular weight is 228 g/mol. The fraction of sp³-hybridized carbons (Fsp3) is 0.917. The summed E-state index contributed by atoms with van der Waals surface area (Å²) in [5.74, 6) is 0.419. The quantitative estimate of drug-likeness (QED) is 0.779. The molecule has 0 radical (unpaired) electrons. The van der Waals surface area contributed by atoms with Crippen LogP contribution in [-0.4, -0.2) is 42.6 Å². The number of carbonyl (C=O) groups is 1. The van der Waals surface area contributed by atoms with Crippen molar-refractivity contribution < 1.29 is 9.53 Å². The third-order valence-corrected chi connectivity index (χ3v) is 3.11. The summed E-state index contributed by atoms with van der Waals surface area (Å²) >= 11 is 0. The molecule has 4 heteroatoms. The minimum atomic E-state index is -0.0579. The molecule has 3 atom stereocenters. The Balaban J connectivity index is 2.65. The highest BCUT2D eigenvalue weighted by Crippen LogP contribution is 2.17. The van der Waals surface area contributed by atoms with E-state index in [0.29, 0.717) is 25.6 Å². The van der Waals surface area contributed by atoms with E-state index < -0.39 is 0 Å².